The normalized spacial score (nSPS) is 10.6. The van der Waals surface area contributed by atoms with Gasteiger partial charge in [-0.15, -0.1) is 0 Å². The van der Waals surface area contributed by atoms with E-state index in [1.807, 2.05) is 11.8 Å². The lowest BCUT2D eigenvalue weighted by molar-refractivity contribution is 0.837. The molecule has 4 heteroatoms. The van der Waals surface area contributed by atoms with Gasteiger partial charge in [0.25, 0.3) is 0 Å². The quantitative estimate of drug-likeness (QED) is 0.769. The van der Waals surface area contributed by atoms with Gasteiger partial charge in [0.1, 0.15) is 0 Å². The molecule has 0 atom stereocenters. The van der Waals surface area contributed by atoms with Crippen LogP contribution in [0, 0.1) is 6.92 Å². The maximum Gasteiger partial charge on any atom is 0.0429 e. The number of benzene rings is 2. The van der Waals surface area contributed by atoms with Crippen LogP contribution in [0.15, 0.2) is 53.4 Å². The average Bonchev–Trinajstić information content (AvgIpc) is 2.53. The Morgan fingerprint density at radius 2 is 1.67 bits per heavy atom. The van der Waals surface area contributed by atoms with Gasteiger partial charge in [-0.2, -0.15) is 11.8 Å². The Labute approximate surface area is 136 Å². The molecular weight excluding hydrogens is 296 g/mol. The zero-order valence-corrected chi connectivity index (χ0v) is 14.2. The molecule has 0 fully saturated rings. The minimum Gasteiger partial charge on any atom is -0.366 e. The Bertz CT molecular complexity index is 538. The fourth-order valence-corrected chi connectivity index (χ4v) is 2.85. The first-order valence-electron chi connectivity index (χ1n) is 6.99. The van der Waals surface area contributed by atoms with Crippen molar-refractivity contribution >= 4 is 29.4 Å². The molecule has 2 N–H and O–H groups in total. The van der Waals surface area contributed by atoms with Crippen LogP contribution < -0.4 is 10.0 Å². The molecule has 0 aliphatic heterocycles. The van der Waals surface area contributed by atoms with Crippen molar-refractivity contribution in [3.63, 3.8) is 0 Å². The number of aryl methyl sites for hydroxylation is 1. The van der Waals surface area contributed by atoms with Crippen LogP contribution in [0.1, 0.15) is 11.1 Å². The second-order valence-corrected chi connectivity index (χ2v) is 6.70. The maximum atomic E-state index is 5.59. The Kier molecular flexibility index (Phi) is 6.49. The summed E-state index contributed by atoms with van der Waals surface area (Å²) in [5.41, 5.74) is 3.90. The molecule has 112 valence electrons. The molecule has 0 radical (unpaired) electrons. The highest BCUT2D eigenvalue weighted by atomic mass is 32.2. The second kappa shape index (κ2) is 8.37. The van der Waals surface area contributed by atoms with Crippen LogP contribution in [0.4, 0.5) is 5.69 Å². The highest BCUT2D eigenvalue weighted by Gasteiger charge is 2.07. The fraction of sp³-hybridized carbons (Fsp3) is 0.294. The SMILES string of the molecule is CSCCN(Cc1ccc(C)cc1)c1ccc(SN)cc1. The first-order valence-corrected chi connectivity index (χ1v) is 9.26. The lowest BCUT2D eigenvalue weighted by Crippen LogP contribution is -2.25. The minimum absolute atomic E-state index is 0.940. The third kappa shape index (κ3) is 4.99. The van der Waals surface area contributed by atoms with Crippen molar-refractivity contribution in [1.29, 1.82) is 0 Å². The van der Waals surface area contributed by atoms with Crippen molar-refractivity contribution in [2.75, 3.05) is 23.5 Å². The summed E-state index contributed by atoms with van der Waals surface area (Å²) in [6, 6.07) is 17.3. The van der Waals surface area contributed by atoms with Gasteiger partial charge in [-0.25, -0.2) is 0 Å². The van der Waals surface area contributed by atoms with Gasteiger partial charge in [-0.1, -0.05) is 29.8 Å². The number of hydrogen-bond acceptors (Lipinski definition) is 4. The molecule has 0 saturated heterocycles. The van der Waals surface area contributed by atoms with Crippen molar-refractivity contribution in [1.82, 2.24) is 0 Å². The van der Waals surface area contributed by atoms with Crippen LogP contribution in [-0.2, 0) is 6.54 Å². The summed E-state index contributed by atoms with van der Waals surface area (Å²) in [7, 11) is 0. The smallest absolute Gasteiger partial charge is 0.0429 e. The summed E-state index contributed by atoms with van der Waals surface area (Å²) in [6.07, 6.45) is 2.15. The van der Waals surface area contributed by atoms with Crippen LogP contribution in [0.3, 0.4) is 0 Å². The van der Waals surface area contributed by atoms with E-state index in [1.165, 1.54) is 28.8 Å². The molecule has 2 rings (SSSR count). The van der Waals surface area contributed by atoms with Gasteiger partial charge in [0.15, 0.2) is 0 Å². The Morgan fingerprint density at radius 1 is 1.00 bits per heavy atom. The van der Waals surface area contributed by atoms with Crippen molar-refractivity contribution in [3.8, 4) is 0 Å². The van der Waals surface area contributed by atoms with E-state index in [4.69, 9.17) is 5.14 Å². The van der Waals surface area contributed by atoms with E-state index < -0.39 is 0 Å². The zero-order chi connectivity index (χ0) is 15.1. The number of hydrogen-bond donors (Lipinski definition) is 1. The summed E-state index contributed by atoms with van der Waals surface area (Å²) in [4.78, 5) is 3.52. The molecule has 0 aromatic heterocycles. The number of nitrogens with zero attached hydrogens (tertiary/aromatic N) is 1. The predicted molar refractivity (Wildman–Crippen MR) is 97.1 cm³/mol. The molecule has 0 aliphatic rings. The molecular formula is C17H22N2S2. The van der Waals surface area contributed by atoms with Gasteiger partial charge >= 0.3 is 0 Å². The molecule has 0 spiro atoms. The molecule has 0 heterocycles. The molecule has 0 aliphatic carbocycles. The van der Waals surface area contributed by atoms with E-state index in [2.05, 4.69) is 66.6 Å². The number of thioether (sulfide) groups is 1. The summed E-state index contributed by atoms with van der Waals surface area (Å²) < 4.78 is 0. The summed E-state index contributed by atoms with van der Waals surface area (Å²) >= 11 is 3.17. The molecule has 2 nitrogen and oxygen atoms in total. The predicted octanol–water partition coefficient (Wildman–Crippen LogP) is 4.33. The van der Waals surface area contributed by atoms with E-state index in [9.17, 15) is 0 Å². The van der Waals surface area contributed by atoms with Crippen molar-refractivity contribution in [2.45, 2.75) is 18.4 Å². The lowest BCUT2D eigenvalue weighted by Gasteiger charge is -2.25. The van der Waals surface area contributed by atoms with Gasteiger partial charge in [-0.05, 0) is 55.0 Å². The minimum atomic E-state index is 0.940. The summed E-state index contributed by atoms with van der Waals surface area (Å²) in [6.45, 7) is 4.11. The molecule has 2 aromatic carbocycles. The summed E-state index contributed by atoms with van der Waals surface area (Å²) in [5, 5.41) is 5.59. The number of rotatable bonds is 7. The molecule has 2 aromatic rings. The Balaban J connectivity index is 2.14. The van der Waals surface area contributed by atoms with Gasteiger partial charge < -0.3 is 4.90 Å². The van der Waals surface area contributed by atoms with E-state index in [-0.39, 0.29) is 0 Å². The van der Waals surface area contributed by atoms with Crippen LogP contribution in [0.2, 0.25) is 0 Å². The summed E-state index contributed by atoms with van der Waals surface area (Å²) in [5.74, 6) is 1.12. The van der Waals surface area contributed by atoms with Gasteiger partial charge in [0.05, 0.1) is 0 Å². The first-order chi connectivity index (χ1) is 10.2. The van der Waals surface area contributed by atoms with E-state index in [1.54, 1.807) is 0 Å². The molecule has 21 heavy (non-hydrogen) atoms. The number of nitrogens with two attached hydrogens (primary N) is 1. The van der Waals surface area contributed by atoms with Crippen LogP contribution in [0.25, 0.3) is 0 Å². The van der Waals surface area contributed by atoms with E-state index in [0.717, 1.165) is 23.7 Å². The lowest BCUT2D eigenvalue weighted by atomic mass is 10.1. The Morgan fingerprint density at radius 3 is 2.24 bits per heavy atom. The fourth-order valence-electron chi connectivity index (χ4n) is 2.15. The highest BCUT2D eigenvalue weighted by molar-refractivity contribution is 7.98. The van der Waals surface area contributed by atoms with Crippen molar-refractivity contribution in [2.24, 2.45) is 5.14 Å². The van der Waals surface area contributed by atoms with Crippen LogP contribution >= 0.6 is 23.7 Å². The molecule has 0 unspecified atom stereocenters. The molecule has 0 bridgehead atoms. The standard InChI is InChI=1S/C17H22N2S2/c1-14-3-5-15(6-4-14)13-19(11-12-20-2)16-7-9-17(21-18)10-8-16/h3-10H,11-13,18H2,1-2H3. The van der Waals surface area contributed by atoms with E-state index >= 15 is 0 Å². The van der Waals surface area contributed by atoms with Crippen molar-refractivity contribution in [3.05, 3.63) is 59.7 Å². The molecule has 0 saturated carbocycles. The van der Waals surface area contributed by atoms with Crippen LogP contribution in [0.5, 0.6) is 0 Å². The van der Waals surface area contributed by atoms with Gasteiger partial charge in [0.2, 0.25) is 0 Å². The topological polar surface area (TPSA) is 29.3 Å². The Hall–Kier alpha value is -1.10. The monoisotopic (exact) mass is 318 g/mol. The zero-order valence-electron chi connectivity index (χ0n) is 12.6. The first kappa shape index (κ1) is 16.3. The number of anilines is 1. The van der Waals surface area contributed by atoms with Crippen LogP contribution in [-0.4, -0.2) is 18.6 Å². The third-order valence-electron chi connectivity index (χ3n) is 3.40. The highest BCUT2D eigenvalue weighted by Crippen LogP contribution is 2.21. The second-order valence-electron chi connectivity index (χ2n) is 5.01. The average molecular weight is 319 g/mol. The molecule has 0 amide bonds. The third-order valence-corrected chi connectivity index (χ3v) is 4.53. The van der Waals surface area contributed by atoms with Gasteiger partial charge in [0, 0.05) is 29.4 Å². The largest absolute Gasteiger partial charge is 0.366 e. The maximum absolute atomic E-state index is 5.59. The van der Waals surface area contributed by atoms with E-state index in [0.29, 0.717) is 0 Å². The van der Waals surface area contributed by atoms with Gasteiger partial charge in [-0.3, -0.25) is 5.14 Å². The van der Waals surface area contributed by atoms with Crippen molar-refractivity contribution < 1.29 is 0 Å².